The molecule has 0 aliphatic heterocycles. The Kier molecular flexibility index (Phi) is 4.21. The lowest BCUT2D eigenvalue weighted by Gasteiger charge is -2.05. The molecule has 6 heteroatoms. The number of sulfonamides is 1. The van der Waals surface area contributed by atoms with Gasteiger partial charge in [-0.1, -0.05) is 13.0 Å². The highest BCUT2D eigenvalue weighted by Crippen LogP contribution is 2.16. The molecule has 19 heavy (non-hydrogen) atoms. The molecule has 5 nitrogen and oxygen atoms in total. The fraction of sp³-hybridized carbons (Fsp3) is 0.462. The van der Waals surface area contributed by atoms with Gasteiger partial charge in [-0.05, 0) is 30.5 Å². The van der Waals surface area contributed by atoms with E-state index in [9.17, 15) is 8.42 Å². The Morgan fingerprint density at radius 1 is 1.37 bits per heavy atom. The molecule has 0 amide bonds. The van der Waals surface area contributed by atoms with Crippen molar-refractivity contribution in [2.75, 3.05) is 12.3 Å². The van der Waals surface area contributed by atoms with Gasteiger partial charge in [0.25, 0.3) is 0 Å². The maximum absolute atomic E-state index is 11.5. The minimum absolute atomic E-state index is 0.174. The van der Waals surface area contributed by atoms with E-state index in [1.165, 1.54) is 0 Å². The van der Waals surface area contributed by atoms with E-state index in [4.69, 9.17) is 4.42 Å². The largest absolute Gasteiger partial charge is 0.441 e. The van der Waals surface area contributed by atoms with Crippen molar-refractivity contribution in [3.05, 3.63) is 29.7 Å². The van der Waals surface area contributed by atoms with Crippen LogP contribution in [-0.4, -0.2) is 25.7 Å². The molecule has 0 unspecified atom stereocenters. The zero-order valence-corrected chi connectivity index (χ0v) is 12.0. The SMILES string of the molecule is CCCS(=O)(=O)NCCc1ccc2nc(C)oc2c1. The van der Waals surface area contributed by atoms with Crippen molar-refractivity contribution in [2.24, 2.45) is 0 Å². The van der Waals surface area contributed by atoms with E-state index < -0.39 is 10.0 Å². The third-order valence-corrected chi connectivity index (χ3v) is 4.36. The van der Waals surface area contributed by atoms with Crippen molar-refractivity contribution in [3.8, 4) is 0 Å². The number of rotatable bonds is 6. The molecule has 1 aromatic heterocycles. The van der Waals surface area contributed by atoms with Crippen LogP contribution in [0.2, 0.25) is 0 Å². The van der Waals surface area contributed by atoms with Gasteiger partial charge < -0.3 is 4.42 Å². The summed E-state index contributed by atoms with van der Waals surface area (Å²) in [6, 6.07) is 5.74. The number of nitrogens with one attached hydrogen (secondary N) is 1. The van der Waals surface area contributed by atoms with Gasteiger partial charge in [-0.25, -0.2) is 18.1 Å². The number of hydrogen-bond acceptors (Lipinski definition) is 4. The summed E-state index contributed by atoms with van der Waals surface area (Å²) in [6.45, 7) is 4.05. The van der Waals surface area contributed by atoms with E-state index in [0.717, 1.165) is 16.7 Å². The number of benzene rings is 1. The van der Waals surface area contributed by atoms with Crippen LogP contribution in [0.15, 0.2) is 22.6 Å². The maximum atomic E-state index is 11.5. The lowest BCUT2D eigenvalue weighted by molar-refractivity contribution is 0.560. The molecular formula is C13H18N2O3S. The lowest BCUT2D eigenvalue weighted by Crippen LogP contribution is -2.28. The lowest BCUT2D eigenvalue weighted by atomic mass is 10.1. The molecule has 0 fully saturated rings. The molecule has 2 aromatic rings. The molecule has 0 bridgehead atoms. The minimum atomic E-state index is -3.13. The van der Waals surface area contributed by atoms with Crippen LogP contribution >= 0.6 is 0 Å². The molecule has 0 saturated heterocycles. The summed E-state index contributed by atoms with van der Waals surface area (Å²) >= 11 is 0. The third-order valence-electron chi connectivity index (χ3n) is 2.77. The van der Waals surface area contributed by atoms with Crippen LogP contribution in [0.1, 0.15) is 24.8 Å². The second kappa shape index (κ2) is 5.71. The van der Waals surface area contributed by atoms with Crippen molar-refractivity contribution in [1.82, 2.24) is 9.71 Å². The average Bonchev–Trinajstić information content (AvgIpc) is 2.68. The van der Waals surface area contributed by atoms with Crippen LogP contribution in [0.5, 0.6) is 0 Å². The number of oxazole rings is 1. The van der Waals surface area contributed by atoms with Gasteiger partial charge >= 0.3 is 0 Å². The van der Waals surface area contributed by atoms with Crippen molar-refractivity contribution in [3.63, 3.8) is 0 Å². The van der Waals surface area contributed by atoms with E-state index >= 15 is 0 Å². The number of aromatic nitrogens is 1. The summed E-state index contributed by atoms with van der Waals surface area (Å²) in [7, 11) is -3.13. The summed E-state index contributed by atoms with van der Waals surface area (Å²) in [5, 5.41) is 0. The summed E-state index contributed by atoms with van der Waals surface area (Å²) in [6.07, 6.45) is 1.26. The van der Waals surface area contributed by atoms with E-state index in [-0.39, 0.29) is 5.75 Å². The zero-order chi connectivity index (χ0) is 13.9. The van der Waals surface area contributed by atoms with Crippen LogP contribution < -0.4 is 4.72 Å². The Bertz CT molecular complexity index is 662. The number of fused-ring (bicyclic) bond motifs is 1. The molecule has 0 aliphatic carbocycles. The van der Waals surface area contributed by atoms with E-state index in [1.807, 2.05) is 25.1 Å². The fourth-order valence-corrected chi connectivity index (χ4v) is 3.03. The van der Waals surface area contributed by atoms with Gasteiger partial charge in [0.2, 0.25) is 10.0 Å². The van der Waals surface area contributed by atoms with Gasteiger partial charge in [0.1, 0.15) is 5.52 Å². The smallest absolute Gasteiger partial charge is 0.211 e. The Morgan fingerprint density at radius 2 is 2.16 bits per heavy atom. The minimum Gasteiger partial charge on any atom is -0.441 e. The van der Waals surface area contributed by atoms with E-state index in [1.54, 1.807) is 6.92 Å². The van der Waals surface area contributed by atoms with Crippen molar-refractivity contribution in [2.45, 2.75) is 26.7 Å². The average molecular weight is 282 g/mol. The van der Waals surface area contributed by atoms with Crippen molar-refractivity contribution in [1.29, 1.82) is 0 Å². The third kappa shape index (κ3) is 3.78. The molecule has 1 aromatic carbocycles. The highest BCUT2D eigenvalue weighted by Gasteiger charge is 2.08. The Morgan fingerprint density at radius 3 is 2.89 bits per heavy atom. The van der Waals surface area contributed by atoms with Crippen LogP contribution in [0.25, 0.3) is 11.1 Å². The predicted octanol–water partition coefficient (Wildman–Crippen LogP) is 2.01. The number of hydrogen-bond donors (Lipinski definition) is 1. The topological polar surface area (TPSA) is 72.2 Å². The normalized spacial score (nSPS) is 12.1. The Hall–Kier alpha value is -1.40. The first-order valence-electron chi connectivity index (χ1n) is 6.33. The molecule has 0 aliphatic rings. The van der Waals surface area contributed by atoms with E-state index in [0.29, 0.717) is 25.3 Å². The van der Waals surface area contributed by atoms with Gasteiger partial charge in [-0.3, -0.25) is 0 Å². The van der Waals surface area contributed by atoms with Crippen LogP contribution in [0, 0.1) is 6.92 Å². The van der Waals surface area contributed by atoms with Crippen molar-refractivity contribution < 1.29 is 12.8 Å². The summed E-state index contributed by atoms with van der Waals surface area (Å²) in [4.78, 5) is 4.22. The molecule has 2 rings (SSSR count). The molecular weight excluding hydrogens is 264 g/mol. The second-order valence-electron chi connectivity index (χ2n) is 4.50. The van der Waals surface area contributed by atoms with E-state index in [2.05, 4.69) is 9.71 Å². The highest BCUT2D eigenvalue weighted by molar-refractivity contribution is 7.89. The quantitative estimate of drug-likeness (QED) is 0.879. The zero-order valence-electron chi connectivity index (χ0n) is 11.1. The number of nitrogens with zero attached hydrogens (tertiary/aromatic N) is 1. The summed E-state index contributed by atoms with van der Waals surface area (Å²) < 4.78 is 31.0. The summed E-state index contributed by atoms with van der Waals surface area (Å²) in [5.41, 5.74) is 2.60. The molecule has 1 N–H and O–H groups in total. The highest BCUT2D eigenvalue weighted by atomic mass is 32.2. The second-order valence-corrected chi connectivity index (χ2v) is 6.42. The first kappa shape index (κ1) is 14.0. The number of aryl methyl sites for hydroxylation is 1. The van der Waals surface area contributed by atoms with Crippen LogP contribution in [0.4, 0.5) is 0 Å². The molecule has 104 valence electrons. The first-order chi connectivity index (χ1) is 9.00. The summed E-state index contributed by atoms with van der Waals surface area (Å²) in [5.74, 6) is 0.809. The Balaban J connectivity index is 1.98. The van der Waals surface area contributed by atoms with Gasteiger partial charge in [-0.2, -0.15) is 0 Å². The molecule has 1 heterocycles. The van der Waals surface area contributed by atoms with Gasteiger partial charge in [0, 0.05) is 13.5 Å². The van der Waals surface area contributed by atoms with Crippen LogP contribution in [0.3, 0.4) is 0 Å². The molecule has 0 radical (unpaired) electrons. The Labute approximate surface area is 113 Å². The van der Waals surface area contributed by atoms with Crippen molar-refractivity contribution >= 4 is 21.1 Å². The predicted molar refractivity (Wildman–Crippen MR) is 74.5 cm³/mol. The monoisotopic (exact) mass is 282 g/mol. The fourth-order valence-electron chi connectivity index (χ4n) is 1.93. The molecule has 0 atom stereocenters. The van der Waals surface area contributed by atoms with Crippen LogP contribution in [-0.2, 0) is 16.4 Å². The standard InChI is InChI=1S/C13H18N2O3S/c1-3-8-19(16,17)14-7-6-11-4-5-12-13(9-11)18-10(2)15-12/h4-5,9,14H,3,6-8H2,1-2H3. The molecule has 0 spiro atoms. The van der Waals surface area contributed by atoms with Gasteiger partial charge in [0.15, 0.2) is 11.5 Å². The van der Waals surface area contributed by atoms with Gasteiger partial charge in [0.05, 0.1) is 5.75 Å². The molecule has 0 saturated carbocycles. The van der Waals surface area contributed by atoms with Gasteiger partial charge in [-0.15, -0.1) is 0 Å². The first-order valence-corrected chi connectivity index (χ1v) is 7.99. The maximum Gasteiger partial charge on any atom is 0.211 e.